The highest BCUT2D eigenvalue weighted by atomic mass is 32.2. The number of nitrogens with one attached hydrogen (secondary N) is 1. The topological polar surface area (TPSA) is 46.9 Å². The summed E-state index contributed by atoms with van der Waals surface area (Å²) in [5.74, 6) is 1.61. The van der Waals surface area contributed by atoms with Crippen LogP contribution in [0.4, 0.5) is 5.69 Å². The zero-order valence-electron chi connectivity index (χ0n) is 12.2. The monoisotopic (exact) mass is 291 g/mol. The van der Waals surface area contributed by atoms with E-state index in [0.29, 0.717) is 18.3 Å². The van der Waals surface area contributed by atoms with Gasteiger partial charge in [-0.15, -0.1) is 0 Å². The summed E-state index contributed by atoms with van der Waals surface area (Å²) >= 11 is 0. The van der Waals surface area contributed by atoms with Gasteiger partial charge in [-0.05, 0) is 31.5 Å². The number of hydrogen-bond acceptors (Lipinski definition) is 3. The highest BCUT2D eigenvalue weighted by Crippen LogP contribution is 2.14. The van der Waals surface area contributed by atoms with Crippen LogP contribution in [0.2, 0.25) is 0 Å². The second-order valence-corrected chi connectivity index (χ2v) is 6.55. The summed E-state index contributed by atoms with van der Waals surface area (Å²) in [6, 6.07) is 8.46. The van der Waals surface area contributed by atoms with Crippen LogP contribution in [-0.4, -0.2) is 20.0 Å². The van der Waals surface area contributed by atoms with E-state index >= 15 is 0 Å². The maximum Gasteiger partial charge on any atom is 0.128 e. The number of hydrogen-bond donors (Lipinski definition) is 1. The van der Waals surface area contributed by atoms with Crippen molar-refractivity contribution in [1.82, 2.24) is 9.55 Å². The molecule has 0 spiro atoms. The average molecular weight is 291 g/mol. The maximum atomic E-state index is 11.3. The van der Waals surface area contributed by atoms with Gasteiger partial charge in [0.2, 0.25) is 0 Å². The van der Waals surface area contributed by atoms with Gasteiger partial charge in [0.15, 0.2) is 0 Å². The number of rotatable bonds is 6. The van der Waals surface area contributed by atoms with Crippen LogP contribution in [0.3, 0.4) is 0 Å². The van der Waals surface area contributed by atoms with E-state index in [9.17, 15) is 4.21 Å². The number of nitrogens with zero attached hydrogens (tertiary/aromatic N) is 2. The first-order chi connectivity index (χ1) is 9.56. The highest BCUT2D eigenvalue weighted by Gasteiger charge is 2.05. The largest absolute Gasteiger partial charge is 0.378 e. The molecule has 1 atom stereocenters. The van der Waals surface area contributed by atoms with Crippen molar-refractivity contribution >= 4 is 16.5 Å². The Morgan fingerprint density at radius 1 is 1.40 bits per heavy atom. The highest BCUT2D eigenvalue weighted by molar-refractivity contribution is 7.83. The van der Waals surface area contributed by atoms with Crippen LogP contribution in [0, 0.1) is 0 Å². The normalized spacial score (nSPS) is 12.6. The van der Waals surface area contributed by atoms with Crippen molar-refractivity contribution in [3.8, 4) is 0 Å². The summed E-state index contributed by atoms with van der Waals surface area (Å²) in [7, 11) is -0.812. The molecule has 108 valence electrons. The van der Waals surface area contributed by atoms with E-state index in [0.717, 1.165) is 17.1 Å². The molecule has 1 heterocycles. The molecule has 2 aromatic rings. The molecule has 1 aromatic heterocycles. The van der Waals surface area contributed by atoms with Crippen LogP contribution >= 0.6 is 0 Å². The molecule has 4 nitrogen and oxygen atoms in total. The van der Waals surface area contributed by atoms with Gasteiger partial charge in [-0.2, -0.15) is 0 Å². The minimum Gasteiger partial charge on any atom is -0.378 e. The summed E-state index contributed by atoms with van der Waals surface area (Å²) in [4.78, 5) is 4.38. The van der Waals surface area contributed by atoms with Gasteiger partial charge in [-0.1, -0.05) is 12.1 Å². The predicted octanol–water partition coefficient (Wildman–Crippen LogP) is 2.95. The van der Waals surface area contributed by atoms with Gasteiger partial charge in [0.1, 0.15) is 5.82 Å². The molecule has 0 saturated heterocycles. The number of imidazole rings is 1. The van der Waals surface area contributed by atoms with E-state index in [1.165, 1.54) is 0 Å². The van der Waals surface area contributed by atoms with Gasteiger partial charge in [0.05, 0.1) is 6.54 Å². The van der Waals surface area contributed by atoms with Gasteiger partial charge < -0.3 is 9.88 Å². The van der Waals surface area contributed by atoms with Crippen molar-refractivity contribution in [2.45, 2.75) is 32.2 Å². The zero-order valence-corrected chi connectivity index (χ0v) is 13.0. The van der Waals surface area contributed by atoms with E-state index < -0.39 is 10.8 Å². The Kier molecular flexibility index (Phi) is 4.95. The lowest BCUT2D eigenvalue weighted by Gasteiger charge is -2.13. The zero-order chi connectivity index (χ0) is 14.5. The van der Waals surface area contributed by atoms with Gasteiger partial charge in [0.25, 0.3) is 0 Å². The molecule has 0 unspecified atom stereocenters. The first kappa shape index (κ1) is 14.8. The predicted molar refractivity (Wildman–Crippen MR) is 84.2 cm³/mol. The third kappa shape index (κ3) is 3.93. The Balaban J connectivity index is 2.03. The molecule has 0 fully saturated rings. The molecule has 0 aliphatic heterocycles. The van der Waals surface area contributed by atoms with Gasteiger partial charge >= 0.3 is 0 Å². The van der Waals surface area contributed by atoms with Crippen LogP contribution in [0.15, 0.2) is 36.7 Å². The van der Waals surface area contributed by atoms with Crippen LogP contribution in [0.5, 0.6) is 0 Å². The molecule has 0 bridgehead atoms. The summed E-state index contributed by atoms with van der Waals surface area (Å²) in [6.07, 6.45) is 5.55. The molecule has 1 aromatic carbocycles. The van der Waals surface area contributed by atoms with Crippen molar-refractivity contribution < 1.29 is 4.21 Å². The second kappa shape index (κ2) is 6.70. The van der Waals surface area contributed by atoms with Crippen LogP contribution in [0.25, 0.3) is 0 Å². The molecule has 20 heavy (non-hydrogen) atoms. The van der Waals surface area contributed by atoms with Crippen molar-refractivity contribution in [3.63, 3.8) is 0 Å². The molecule has 0 radical (unpaired) electrons. The average Bonchev–Trinajstić information content (AvgIpc) is 2.84. The first-order valence-electron chi connectivity index (χ1n) is 6.71. The minimum atomic E-state index is -0.812. The Morgan fingerprint density at radius 3 is 2.90 bits per heavy atom. The van der Waals surface area contributed by atoms with E-state index in [1.807, 2.05) is 36.7 Å². The first-order valence-corrected chi connectivity index (χ1v) is 8.43. The summed E-state index contributed by atoms with van der Waals surface area (Å²) in [6.45, 7) is 4.97. The molecule has 0 saturated carbocycles. The molecule has 0 aliphatic rings. The third-order valence-electron chi connectivity index (χ3n) is 3.05. The quantitative estimate of drug-likeness (QED) is 0.890. The van der Waals surface area contributed by atoms with Crippen LogP contribution in [-0.2, 0) is 23.1 Å². The fourth-order valence-corrected chi connectivity index (χ4v) is 2.79. The van der Waals surface area contributed by atoms with Crippen molar-refractivity contribution in [2.75, 3.05) is 11.6 Å². The Bertz CT molecular complexity index is 592. The molecule has 2 rings (SSSR count). The Morgan fingerprint density at radius 2 is 2.20 bits per heavy atom. The molecule has 0 amide bonds. The lowest BCUT2D eigenvalue weighted by molar-refractivity contribution is 0.573. The molecular formula is C15H21N3OS. The number of benzene rings is 1. The maximum absolute atomic E-state index is 11.3. The SMILES string of the molecule is CC(C)n1ccnc1CNc1cccc(C[S@](C)=O)c1. The van der Waals surface area contributed by atoms with E-state index in [-0.39, 0.29) is 0 Å². The lowest BCUT2D eigenvalue weighted by Crippen LogP contribution is -2.10. The van der Waals surface area contributed by atoms with Crippen molar-refractivity contribution in [3.05, 3.63) is 48.0 Å². The number of anilines is 1. The van der Waals surface area contributed by atoms with E-state index in [1.54, 1.807) is 6.26 Å². The van der Waals surface area contributed by atoms with Crippen molar-refractivity contribution in [2.24, 2.45) is 0 Å². The van der Waals surface area contributed by atoms with Crippen molar-refractivity contribution in [1.29, 1.82) is 0 Å². The van der Waals surface area contributed by atoms with Gasteiger partial charge in [-0.3, -0.25) is 4.21 Å². The van der Waals surface area contributed by atoms with Gasteiger partial charge in [0, 0.05) is 46.9 Å². The molecular weight excluding hydrogens is 270 g/mol. The second-order valence-electron chi connectivity index (χ2n) is 5.12. The summed E-state index contributed by atoms with van der Waals surface area (Å²) in [5, 5.41) is 3.37. The lowest BCUT2D eigenvalue weighted by atomic mass is 10.2. The van der Waals surface area contributed by atoms with E-state index in [2.05, 4.69) is 28.7 Å². The molecule has 5 heteroatoms. The number of aromatic nitrogens is 2. The Labute approximate surface area is 122 Å². The third-order valence-corrected chi connectivity index (χ3v) is 3.79. The fraction of sp³-hybridized carbons (Fsp3) is 0.400. The molecule has 1 N–H and O–H groups in total. The van der Waals surface area contributed by atoms with Crippen LogP contribution < -0.4 is 5.32 Å². The molecule has 0 aliphatic carbocycles. The standard InChI is InChI=1S/C15H21N3OS/c1-12(2)18-8-7-16-15(18)10-17-14-6-4-5-13(9-14)11-20(3)19/h4-9,12,17H,10-11H2,1-3H3/t20-/m0/s1. The van der Waals surface area contributed by atoms with E-state index in [4.69, 9.17) is 0 Å². The minimum absolute atomic E-state index is 0.406. The van der Waals surface area contributed by atoms with Gasteiger partial charge in [-0.25, -0.2) is 4.98 Å². The summed E-state index contributed by atoms with van der Waals surface area (Å²) < 4.78 is 13.4. The Hall–Kier alpha value is -1.62. The fourth-order valence-electron chi connectivity index (χ4n) is 2.14. The van der Waals surface area contributed by atoms with Crippen LogP contribution in [0.1, 0.15) is 31.3 Å². The summed E-state index contributed by atoms with van der Waals surface area (Å²) in [5.41, 5.74) is 2.12. The smallest absolute Gasteiger partial charge is 0.128 e.